The molecule has 5 heteroatoms. The molecule has 2 heterocycles. The molecule has 1 amide bonds. The van der Waals surface area contributed by atoms with Gasteiger partial charge in [-0.3, -0.25) is 9.78 Å². The molecular weight excluding hydrogens is 300 g/mol. The Bertz CT molecular complexity index is 626. The van der Waals surface area contributed by atoms with Gasteiger partial charge in [0.05, 0.1) is 6.54 Å². The minimum atomic E-state index is 0.0523. The highest BCUT2D eigenvalue weighted by atomic mass is 16.2. The molecule has 1 aliphatic rings. The third-order valence-corrected chi connectivity index (χ3v) is 4.26. The zero-order chi connectivity index (χ0) is 16.6. The number of nitrogens with zero attached hydrogens (tertiary/aromatic N) is 2. The van der Waals surface area contributed by atoms with Crippen LogP contribution in [0.3, 0.4) is 0 Å². The second kappa shape index (κ2) is 8.45. The largest absolute Gasteiger partial charge is 0.358 e. The van der Waals surface area contributed by atoms with E-state index >= 15 is 0 Å². The van der Waals surface area contributed by atoms with E-state index in [0.29, 0.717) is 25.7 Å². The number of para-hydroxylation sites is 1. The topological polar surface area (TPSA) is 57.3 Å². The fraction of sp³-hybridized carbons (Fsp3) is 0.368. The highest BCUT2D eigenvalue weighted by Gasteiger charge is 2.16. The van der Waals surface area contributed by atoms with Crippen LogP contribution in [-0.4, -0.2) is 36.6 Å². The number of anilines is 1. The van der Waals surface area contributed by atoms with Gasteiger partial charge in [-0.15, -0.1) is 0 Å². The molecule has 0 aliphatic carbocycles. The lowest BCUT2D eigenvalue weighted by Gasteiger charge is -2.24. The molecule has 126 valence electrons. The SMILES string of the molecule is O=C(CN(Cc1cccnc1)c1ccccc1)NCC1CCCN1. The lowest BCUT2D eigenvalue weighted by Crippen LogP contribution is -2.42. The molecule has 1 aliphatic heterocycles. The normalized spacial score (nSPS) is 16.8. The molecule has 24 heavy (non-hydrogen) atoms. The summed E-state index contributed by atoms with van der Waals surface area (Å²) in [6.45, 7) is 2.75. The van der Waals surface area contributed by atoms with Crippen LogP contribution in [0, 0.1) is 0 Å². The molecule has 1 aromatic carbocycles. The van der Waals surface area contributed by atoms with Crippen molar-refractivity contribution in [2.45, 2.75) is 25.4 Å². The van der Waals surface area contributed by atoms with Crippen molar-refractivity contribution in [1.82, 2.24) is 15.6 Å². The molecule has 2 aromatic rings. The number of hydrogen-bond donors (Lipinski definition) is 2. The Hall–Kier alpha value is -2.40. The second-order valence-electron chi connectivity index (χ2n) is 6.15. The number of hydrogen-bond acceptors (Lipinski definition) is 4. The van der Waals surface area contributed by atoms with Crippen LogP contribution in [0.15, 0.2) is 54.9 Å². The summed E-state index contributed by atoms with van der Waals surface area (Å²) >= 11 is 0. The van der Waals surface area contributed by atoms with Crippen molar-refractivity contribution in [2.75, 3.05) is 24.5 Å². The summed E-state index contributed by atoms with van der Waals surface area (Å²) in [6, 6.07) is 14.4. The molecule has 0 bridgehead atoms. The molecule has 1 saturated heterocycles. The van der Waals surface area contributed by atoms with Crippen molar-refractivity contribution in [3.8, 4) is 0 Å². The summed E-state index contributed by atoms with van der Waals surface area (Å²) in [5.74, 6) is 0.0523. The number of aromatic nitrogens is 1. The van der Waals surface area contributed by atoms with Crippen molar-refractivity contribution in [2.24, 2.45) is 0 Å². The molecule has 1 unspecified atom stereocenters. The predicted octanol–water partition coefficient (Wildman–Crippen LogP) is 1.96. The van der Waals surface area contributed by atoms with E-state index in [4.69, 9.17) is 0 Å². The Kier molecular flexibility index (Phi) is 5.80. The van der Waals surface area contributed by atoms with Crippen LogP contribution < -0.4 is 15.5 Å². The summed E-state index contributed by atoms with van der Waals surface area (Å²) in [7, 11) is 0. The van der Waals surface area contributed by atoms with Gasteiger partial charge in [0, 0.05) is 37.2 Å². The van der Waals surface area contributed by atoms with E-state index in [2.05, 4.69) is 20.5 Å². The Morgan fingerprint density at radius 3 is 2.83 bits per heavy atom. The average Bonchev–Trinajstić information content (AvgIpc) is 3.15. The fourth-order valence-corrected chi connectivity index (χ4v) is 2.99. The Labute approximate surface area is 143 Å². The monoisotopic (exact) mass is 324 g/mol. The zero-order valence-corrected chi connectivity index (χ0v) is 13.8. The van der Waals surface area contributed by atoms with Gasteiger partial charge in [0.1, 0.15) is 0 Å². The molecular formula is C19H24N4O. The predicted molar refractivity (Wildman–Crippen MR) is 95.8 cm³/mol. The van der Waals surface area contributed by atoms with Crippen molar-refractivity contribution < 1.29 is 4.79 Å². The lowest BCUT2D eigenvalue weighted by molar-refractivity contribution is -0.119. The molecule has 1 fully saturated rings. The molecule has 1 atom stereocenters. The van der Waals surface area contributed by atoms with E-state index in [9.17, 15) is 4.79 Å². The molecule has 2 N–H and O–H groups in total. The van der Waals surface area contributed by atoms with Gasteiger partial charge in [0.15, 0.2) is 0 Å². The second-order valence-corrected chi connectivity index (χ2v) is 6.15. The van der Waals surface area contributed by atoms with Gasteiger partial charge < -0.3 is 15.5 Å². The number of carbonyl (C=O) groups excluding carboxylic acids is 1. The van der Waals surface area contributed by atoms with Crippen molar-refractivity contribution in [3.63, 3.8) is 0 Å². The standard InChI is InChI=1S/C19H24N4O/c24-19(22-13-17-7-5-11-21-17)15-23(18-8-2-1-3-9-18)14-16-6-4-10-20-12-16/h1-4,6,8-10,12,17,21H,5,7,11,13-15H2,(H,22,24). The van der Waals surface area contributed by atoms with Crippen LogP contribution in [0.25, 0.3) is 0 Å². The molecule has 0 saturated carbocycles. The third-order valence-electron chi connectivity index (χ3n) is 4.26. The smallest absolute Gasteiger partial charge is 0.239 e. The first-order chi connectivity index (χ1) is 11.8. The van der Waals surface area contributed by atoms with Crippen LogP contribution in [0.4, 0.5) is 5.69 Å². The minimum absolute atomic E-state index is 0.0523. The summed E-state index contributed by atoms with van der Waals surface area (Å²) in [5, 5.41) is 6.45. The van der Waals surface area contributed by atoms with E-state index in [0.717, 1.165) is 24.2 Å². The molecule has 5 nitrogen and oxygen atoms in total. The van der Waals surface area contributed by atoms with E-state index in [1.54, 1.807) is 6.20 Å². The van der Waals surface area contributed by atoms with Gasteiger partial charge >= 0.3 is 0 Å². The van der Waals surface area contributed by atoms with Crippen molar-refractivity contribution in [1.29, 1.82) is 0 Å². The number of pyridine rings is 1. The molecule has 0 radical (unpaired) electrons. The molecule has 3 rings (SSSR count). The van der Waals surface area contributed by atoms with Crippen molar-refractivity contribution in [3.05, 3.63) is 60.4 Å². The number of benzene rings is 1. The van der Waals surface area contributed by atoms with Crippen LogP contribution in [-0.2, 0) is 11.3 Å². The van der Waals surface area contributed by atoms with Gasteiger partial charge in [-0.05, 0) is 43.1 Å². The Balaban J connectivity index is 1.62. The van der Waals surface area contributed by atoms with E-state index in [-0.39, 0.29) is 5.91 Å². The van der Waals surface area contributed by atoms with E-state index in [1.807, 2.05) is 48.7 Å². The van der Waals surface area contributed by atoms with Gasteiger partial charge in [0.25, 0.3) is 0 Å². The van der Waals surface area contributed by atoms with Crippen LogP contribution >= 0.6 is 0 Å². The van der Waals surface area contributed by atoms with Gasteiger partial charge in [-0.1, -0.05) is 24.3 Å². The van der Waals surface area contributed by atoms with Crippen molar-refractivity contribution >= 4 is 11.6 Å². The maximum Gasteiger partial charge on any atom is 0.239 e. The first-order valence-electron chi connectivity index (χ1n) is 8.50. The summed E-state index contributed by atoms with van der Waals surface area (Å²) in [5.41, 5.74) is 2.13. The summed E-state index contributed by atoms with van der Waals surface area (Å²) < 4.78 is 0. The maximum atomic E-state index is 12.4. The maximum absolute atomic E-state index is 12.4. The number of rotatable bonds is 7. The van der Waals surface area contributed by atoms with Crippen LogP contribution in [0.2, 0.25) is 0 Å². The van der Waals surface area contributed by atoms with Crippen LogP contribution in [0.1, 0.15) is 18.4 Å². The lowest BCUT2D eigenvalue weighted by atomic mass is 10.2. The average molecular weight is 324 g/mol. The molecule has 1 aromatic heterocycles. The molecule has 0 spiro atoms. The number of amides is 1. The number of carbonyl (C=O) groups is 1. The first-order valence-corrected chi connectivity index (χ1v) is 8.50. The Morgan fingerprint density at radius 1 is 1.25 bits per heavy atom. The van der Waals surface area contributed by atoms with Gasteiger partial charge in [0.2, 0.25) is 5.91 Å². The van der Waals surface area contributed by atoms with Crippen LogP contribution in [0.5, 0.6) is 0 Å². The highest BCUT2D eigenvalue weighted by molar-refractivity contribution is 5.81. The summed E-state index contributed by atoms with van der Waals surface area (Å²) in [4.78, 5) is 18.6. The quantitative estimate of drug-likeness (QED) is 0.817. The fourth-order valence-electron chi connectivity index (χ4n) is 2.99. The highest BCUT2D eigenvalue weighted by Crippen LogP contribution is 2.16. The number of nitrogens with one attached hydrogen (secondary N) is 2. The van der Waals surface area contributed by atoms with Gasteiger partial charge in [-0.2, -0.15) is 0 Å². The van der Waals surface area contributed by atoms with E-state index in [1.165, 1.54) is 6.42 Å². The first kappa shape index (κ1) is 16.5. The van der Waals surface area contributed by atoms with Gasteiger partial charge in [-0.25, -0.2) is 0 Å². The third kappa shape index (κ3) is 4.80. The van der Waals surface area contributed by atoms with E-state index < -0.39 is 0 Å². The zero-order valence-electron chi connectivity index (χ0n) is 13.8. The summed E-state index contributed by atoms with van der Waals surface area (Å²) in [6.07, 6.45) is 5.93. The Morgan fingerprint density at radius 2 is 2.12 bits per heavy atom. The minimum Gasteiger partial charge on any atom is -0.358 e.